The summed E-state index contributed by atoms with van der Waals surface area (Å²) >= 11 is 0. The summed E-state index contributed by atoms with van der Waals surface area (Å²) < 4.78 is 6.73. The minimum Gasteiger partial charge on any atom is -0.455 e. The zero-order valence-corrected chi connectivity index (χ0v) is 27.5. The maximum absolute atomic E-state index is 6.73. The molecule has 0 bridgehead atoms. The Balaban J connectivity index is 1.06. The summed E-state index contributed by atoms with van der Waals surface area (Å²) in [5.74, 6) is 0.663. The fourth-order valence-electron chi connectivity index (χ4n) is 7.93. The van der Waals surface area contributed by atoms with E-state index in [1.165, 1.54) is 49.5 Å². The van der Waals surface area contributed by atoms with Crippen LogP contribution in [0.3, 0.4) is 0 Å². The molecule has 0 spiro atoms. The standard InChI is InChI=1S/C48H28N2O/c1-3-10-29(11-4-1)31-18-19-33-25-34(21-20-32(33)24-31)44-28-43(30-12-5-2-6-13-30)49-48(50-44)35-22-23-38-42-27-41-37-15-8-7-14-36(37)39-16-9-17-40(46(39)41)47(42)51-45(38)26-35/h1-28H. The molecule has 0 saturated carbocycles. The summed E-state index contributed by atoms with van der Waals surface area (Å²) in [6.45, 7) is 0. The van der Waals surface area contributed by atoms with Crippen molar-refractivity contribution in [1.82, 2.24) is 9.97 Å². The van der Waals surface area contributed by atoms with Gasteiger partial charge in [0.05, 0.1) is 11.4 Å². The third-order valence-electron chi connectivity index (χ3n) is 10.4. The van der Waals surface area contributed by atoms with E-state index in [4.69, 9.17) is 14.4 Å². The van der Waals surface area contributed by atoms with Crippen molar-refractivity contribution in [2.45, 2.75) is 0 Å². The van der Waals surface area contributed by atoms with Gasteiger partial charge < -0.3 is 4.42 Å². The van der Waals surface area contributed by atoms with E-state index < -0.39 is 0 Å². The van der Waals surface area contributed by atoms with Gasteiger partial charge in [0.1, 0.15) is 11.2 Å². The van der Waals surface area contributed by atoms with E-state index in [0.29, 0.717) is 5.82 Å². The molecule has 1 aliphatic carbocycles. The lowest BCUT2D eigenvalue weighted by Gasteiger charge is -2.11. The number of fused-ring (bicyclic) bond motifs is 8. The van der Waals surface area contributed by atoms with Gasteiger partial charge in [-0.1, -0.05) is 133 Å². The molecule has 3 nitrogen and oxygen atoms in total. The van der Waals surface area contributed by atoms with Crippen LogP contribution in [-0.2, 0) is 0 Å². The molecule has 0 amide bonds. The first kappa shape index (κ1) is 28.0. The quantitative estimate of drug-likeness (QED) is 0.191. The van der Waals surface area contributed by atoms with Crippen LogP contribution in [0.4, 0.5) is 0 Å². The smallest absolute Gasteiger partial charge is 0.160 e. The van der Waals surface area contributed by atoms with Crippen LogP contribution in [0.2, 0.25) is 0 Å². The molecule has 0 saturated heterocycles. The van der Waals surface area contributed by atoms with Crippen LogP contribution in [-0.4, -0.2) is 9.97 Å². The first-order chi connectivity index (χ1) is 25.2. The lowest BCUT2D eigenvalue weighted by molar-refractivity contribution is 0.673. The summed E-state index contributed by atoms with van der Waals surface area (Å²) in [5.41, 5.74) is 14.0. The molecule has 10 aromatic rings. The Kier molecular flexibility index (Phi) is 5.96. The predicted octanol–water partition coefficient (Wildman–Crippen LogP) is 13.0. The van der Waals surface area contributed by atoms with Gasteiger partial charge in [0.15, 0.2) is 5.82 Å². The summed E-state index contributed by atoms with van der Waals surface area (Å²) in [4.78, 5) is 10.3. The lowest BCUT2D eigenvalue weighted by atomic mass is 9.98. The van der Waals surface area contributed by atoms with Crippen LogP contribution < -0.4 is 0 Å². The Morgan fingerprint density at radius 1 is 0.353 bits per heavy atom. The highest BCUT2D eigenvalue weighted by Crippen LogP contribution is 2.50. The zero-order valence-electron chi connectivity index (χ0n) is 27.5. The molecule has 2 heterocycles. The average Bonchev–Trinajstić information content (AvgIpc) is 3.74. The average molecular weight is 649 g/mol. The first-order valence-electron chi connectivity index (χ1n) is 17.3. The molecule has 0 atom stereocenters. The summed E-state index contributed by atoms with van der Waals surface area (Å²) in [7, 11) is 0. The molecule has 0 aliphatic heterocycles. The van der Waals surface area contributed by atoms with Crippen molar-refractivity contribution in [2.24, 2.45) is 0 Å². The Morgan fingerprint density at radius 3 is 1.76 bits per heavy atom. The molecule has 0 unspecified atom stereocenters. The maximum Gasteiger partial charge on any atom is 0.160 e. The third-order valence-corrected chi connectivity index (χ3v) is 10.4. The van der Waals surface area contributed by atoms with Crippen molar-refractivity contribution < 1.29 is 4.42 Å². The Bertz CT molecular complexity index is 3010. The van der Waals surface area contributed by atoms with Crippen LogP contribution in [0.15, 0.2) is 174 Å². The number of hydrogen-bond acceptors (Lipinski definition) is 3. The Labute approximate surface area is 294 Å². The second-order valence-corrected chi connectivity index (χ2v) is 13.4. The Morgan fingerprint density at radius 2 is 0.980 bits per heavy atom. The molecule has 8 aromatic carbocycles. The SMILES string of the molecule is c1ccc(-c2ccc3cc(-c4cc(-c5ccccc5)nc(-c5ccc6c(c5)oc5c7cccc8c7c(cc65)-c5ccccc5-8)n4)ccc3c2)cc1. The van der Waals surface area contributed by atoms with Gasteiger partial charge in [-0.25, -0.2) is 9.97 Å². The third kappa shape index (κ3) is 4.38. The molecule has 11 rings (SSSR count). The summed E-state index contributed by atoms with van der Waals surface area (Å²) in [6, 6.07) is 60.1. The fourth-order valence-corrected chi connectivity index (χ4v) is 7.93. The monoisotopic (exact) mass is 648 g/mol. The highest BCUT2D eigenvalue weighted by molar-refractivity contribution is 6.26. The van der Waals surface area contributed by atoms with Crippen LogP contribution in [0, 0.1) is 0 Å². The molecule has 0 radical (unpaired) electrons. The largest absolute Gasteiger partial charge is 0.455 e. The second kappa shape index (κ2) is 10.8. The van der Waals surface area contributed by atoms with Crippen molar-refractivity contribution in [3.05, 3.63) is 170 Å². The molecule has 51 heavy (non-hydrogen) atoms. The van der Waals surface area contributed by atoms with E-state index in [1.54, 1.807) is 0 Å². The zero-order chi connectivity index (χ0) is 33.5. The molecule has 2 aromatic heterocycles. The number of nitrogens with zero attached hydrogens (tertiary/aromatic N) is 2. The van der Waals surface area contributed by atoms with Crippen LogP contribution in [0.5, 0.6) is 0 Å². The number of furan rings is 1. The van der Waals surface area contributed by atoms with E-state index in [2.05, 4.69) is 164 Å². The van der Waals surface area contributed by atoms with Crippen LogP contribution in [0.1, 0.15) is 0 Å². The van der Waals surface area contributed by atoms with E-state index >= 15 is 0 Å². The lowest BCUT2D eigenvalue weighted by Crippen LogP contribution is -1.96. The second-order valence-electron chi connectivity index (χ2n) is 13.4. The van der Waals surface area contributed by atoms with Gasteiger partial charge in [-0.2, -0.15) is 0 Å². The van der Waals surface area contributed by atoms with Gasteiger partial charge in [-0.3, -0.25) is 0 Å². The van der Waals surface area contributed by atoms with Crippen molar-refractivity contribution >= 4 is 43.5 Å². The minimum atomic E-state index is 0.663. The van der Waals surface area contributed by atoms with Gasteiger partial charge >= 0.3 is 0 Å². The van der Waals surface area contributed by atoms with Crippen molar-refractivity contribution in [1.29, 1.82) is 0 Å². The van der Waals surface area contributed by atoms with E-state index in [0.717, 1.165) is 55.4 Å². The predicted molar refractivity (Wildman–Crippen MR) is 210 cm³/mol. The first-order valence-corrected chi connectivity index (χ1v) is 17.3. The van der Waals surface area contributed by atoms with E-state index in [9.17, 15) is 0 Å². The minimum absolute atomic E-state index is 0.663. The van der Waals surface area contributed by atoms with Crippen molar-refractivity contribution in [2.75, 3.05) is 0 Å². The summed E-state index contributed by atoms with van der Waals surface area (Å²) in [6.07, 6.45) is 0. The van der Waals surface area contributed by atoms with E-state index in [-0.39, 0.29) is 0 Å². The fraction of sp³-hybridized carbons (Fsp3) is 0. The number of benzene rings is 8. The highest BCUT2D eigenvalue weighted by atomic mass is 16.3. The molecule has 236 valence electrons. The molecule has 1 aliphatic rings. The Hall–Kier alpha value is -6.84. The van der Waals surface area contributed by atoms with Crippen LogP contribution >= 0.6 is 0 Å². The molecular weight excluding hydrogens is 621 g/mol. The van der Waals surface area contributed by atoms with E-state index in [1.807, 2.05) is 6.07 Å². The van der Waals surface area contributed by atoms with Gasteiger partial charge in [-0.15, -0.1) is 0 Å². The van der Waals surface area contributed by atoms with Crippen molar-refractivity contribution in [3.8, 4) is 67.3 Å². The number of rotatable bonds is 4. The van der Waals surface area contributed by atoms with Crippen molar-refractivity contribution in [3.63, 3.8) is 0 Å². The molecule has 3 heteroatoms. The maximum atomic E-state index is 6.73. The highest BCUT2D eigenvalue weighted by Gasteiger charge is 2.24. The normalized spacial score (nSPS) is 11.9. The van der Waals surface area contributed by atoms with Gasteiger partial charge in [0.2, 0.25) is 0 Å². The van der Waals surface area contributed by atoms with Gasteiger partial charge in [-0.05, 0) is 80.6 Å². The van der Waals surface area contributed by atoms with Gasteiger partial charge in [0.25, 0.3) is 0 Å². The number of aromatic nitrogens is 2. The topological polar surface area (TPSA) is 38.9 Å². The summed E-state index contributed by atoms with van der Waals surface area (Å²) in [5, 5.41) is 6.98. The molecule has 0 N–H and O–H groups in total. The molecular formula is C48H28N2O. The van der Waals surface area contributed by atoms with Crippen LogP contribution in [0.25, 0.3) is 111 Å². The number of hydrogen-bond donors (Lipinski definition) is 0. The molecule has 0 fully saturated rings. The van der Waals surface area contributed by atoms with Gasteiger partial charge in [0, 0.05) is 38.2 Å².